The van der Waals surface area contributed by atoms with E-state index >= 15 is 0 Å². The van der Waals surface area contributed by atoms with Gasteiger partial charge in [0.15, 0.2) is 0 Å². The molecule has 18 heavy (non-hydrogen) atoms. The molecule has 1 heterocycles. The smallest absolute Gasteiger partial charge is 0.308 e. The molecule has 0 aromatic heterocycles. The quantitative estimate of drug-likeness (QED) is 0.786. The molecule has 0 aromatic rings. The molecule has 1 fully saturated rings. The molecule has 5 nitrogen and oxygen atoms in total. The van der Waals surface area contributed by atoms with E-state index in [0.717, 1.165) is 0 Å². The van der Waals surface area contributed by atoms with Crippen molar-refractivity contribution < 1.29 is 14.7 Å². The fourth-order valence-corrected chi connectivity index (χ4v) is 2.12. The molecule has 0 spiro atoms. The molecule has 2 unspecified atom stereocenters. The van der Waals surface area contributed by atoms with Gasteiger partial charge in [0.05, 0.1) is 11.3 Å². The van der Waals surface area contributed by atoms with Crippen LogP contribution in [0.5, 0.6) is 0 Å². The molecule has 0 radical (unpaired) electrons. The molecular formula is C13H24N2O3. The molecule has 0 aromatic carbocycles. The minimum Gasteiger partial charge on any atom is -0.481 e. The highest BCUT2D eigenvalue weighted by Crippen LogP contribution is 2.34. The predicted octanol–water partition coefficient (Wildman–Crippen LogP) is 0.929. The van der Waals surface area contributed by atoms with Gasteiger partial charge in [0, 0.05) is 18.6 Å². The molecule has 1 aliphatic rings. The summed E-state index contributed by atoms with van der Waals surface area (Å²) in [5, 5.41) is 9.08. The monoisotopic (exact) mass is 256 g/mol. The number of amides is 1. The van der Waals surface area contributed by atoms with Crippen LogP contribution in [0, 0.1) is 17.3 Å². The summed E-state index contributed by atoms with van der Waals surface area (Å²) in [7, 11) is 0. The predicted molar refractivity (Wildman–Crippen MR) is 68.9 cm³/mol. The lowest BCUT2D eigenvalue weighted by molar-refractivity contribution is -0.144. The first-order chi connectivity index (χ1) is 7.98. The van der Waals surface area contributed by atoms with Gasteiger partial charge in [-0.25, -0.2) is 0 Å². The second kappa shape index (κ2) is 4.53. The third kappa shape index (κ3) is 2.51. The summed E-state index contributed by atoms with van der Waals surface area (Å²) < 4.78 is 0. The second-order valence-electron chi connectivity index (χ2n) is 6.48. The maximum absolute atomic E-state index is 12.5. The zero-order valence-corrected chi connectivity index (χ0v) is 11.9. The van der Waals surface area contributed by atoms with E-state index in [0.29, 0.717) is 6.54 Å². The number of nitrogens with zero attached hydrogens (tertiary/aromatic N) is 1. The number of hydrogen-bond acceptors (Lipinski definition) is 3. The summed E-state index contributed by atoms with van der Waals surface area (Å²) in [5.41, 5.74) is 4.69. The van der Waals surface area contributed by atoms with Gasteiger partial charge < -0.3 is 15.7 Å². The van der Waals surface area contributed by atoms with E-state index in [4.69, 9.17) is 10.8 Å². The lowest BCUT2D eigenvalue weighted by Gasteiger charge is -2.39. The molecule has 3 N–H and O–H groups in total. The van der Waals surface area contributed by atoms with Crippen LogP contribution in [0.15, 0.2) is 0 Å². The van der Waals surface area contributed by atoms with Crippen molar-refractivity contribution in [2.45, 2.75) is 40.2 Å². The highest BCUT2D eigenvalue weighted by atomic mass is 16.4. The molecule has 1 aliphatic heterocycles. The number of hydrogen-bond donors (Lipinski definition) is 2. The van der Waals surface area contributed by atoms with Crippen molar-refractivity contribution in [3.05, 3.63) is 0 Å². The standard InChI is InChI=1S/C13H24N2O3/c1-8-6-15(7-9(8)10(16)17)11(18)12(2,3)13(4,5)14/h8-9H,6-7,14H2,1-5H3,(H,16,17). The highest BCUT2D eigenvalue weighted by molar-refractivity contribution is 5.84. The number of carbonyl (C=O) groups is 2. The van der Waals surface area contributed by atoms with E-state index in [-0.39, 0.29) is 18.4 Å². The lowest BCUT2D eigenvalue weighted by Crippen LogP contribution is -2.56. The zero-order valence-electron chi connectivity index (χ0n) is 11.9. The Bertz CT molecular complexity index is 358. The number of carboxylic acid groups (broad SMARTS) is 1. The van der Waals surface area contributed by atoms with Crippen molar-refractivity contribution in [3.63, 3.8) is 0 Å². The second-order valence-corrected chi connectivity index (χ2v) is 6.48. The molecule has 1 amide bonds. The Morgan fingerprint density at radius 1 is 1.22 bits per heavy atom. The first-order valence-electron chi connectivity index (χ1n) is 6.29. The van der Waals surface area contributed by atoms with E-state index in [1.807, 2.05) is 34.6 Å². The van der Waals surface area contributed by atoms with Crippen molar-refractivity contribution in [1.29, 1.82) is 0 Å². The molecule has 0 bridgehead atoms. The highest BCUT2D eigenvalue weighted by Gasteiger charge is 2.46. The summed E-state index contributed by atoms with van der Waals surface area (Å²) in [6, 6.07) is 0. The van der Waals surface area contributed by atoms with Crippen molar-refractivity contribution in [2.24, 2.45) is 23.0 Å². The number of carbonyl (C=O) groups excluding carboxylic acids is 1. The SMILES string of the molecule is CC1CN(C(=O)C(C)(C)C(C)(C)N)CC1C(=O)O. The Kier molecular flexibility index (Phi) is 3.77. The van der Waals surface area contributed by atoms with Gasteiger partial charge in [-0.05, 0) is 33.6 Å². The molecule has 5 heteroatoms. The normalized spacial score (nSPS) is 25.3. The minimum absolute atomic E-state index is 0.0110. The van der Waals surface area contributed by atoms with E-state index in [2.05, 4.69) is 0 Å². The van der Waals surface area contributed by atoms with Crippen LogP contribution in [0.25, 0.3) is 0 Å². The molecule has 0 aliphatic carbocycles. The van der Waals surface area contributed by atoms with Gasteiger partial charge in [-0.15, -0.1) is 0 Å². The van der Waals surface area contributed by atoms with E-state index < -0.39 is 22.8 Å². The Labute approximate surface area is 108 Å². The van der Waals surface area contributed by atoms with Gasteiger partial charge in [0.25, 0.3) is 0 Å². The van der Waals surface area contributed by atoms with Crippen LogP contribution in [0.3, 0.4) is 0 Å². The number of nitrogens with two attached hydrogens (primary N) is 1. The van der Waals surface area contributed by atoms with E-state index in [9.17, 15) is 9.59 Å². The Morgan fingerprint density at radius 3 is 2.06 bits per heavy atom. The summed E-state index contributed by atoms with van der Waals surface area (Å²) in [6.07, 6.45) is 0. The number of aliphatic carboxylic acids is 1. The van der Waals surface area contributed by atoms with Gasteiger partial charge in [0.1, 0.15) is 0 Å². The molecule has 2 atom stereocenters. The summed E-state index contributed by atoms with van der Waals surface area (Å²) in [6.45, 7) is 9.91. The minimum atomic E-state index is -0.831. The average Bonchev–Trinajstić information content (AvgIpc) is 2.57. The first-order valence-corrected chi connectivity index (χ1v) is 6.29. The van der Waals surface area contributed by atoms with Crippen LogP contribution < -0.4 is 5.73 Å². The van der Waals surface area contributed by atoms with E-state index in [1.165, 1.54) is 0 Å². The van der Waals surface area contributed by atoms with Crippen LogP contribution in [0.2, 0.25) is 0 Å². The first kappa shape index (κ1) is 15.0. The molecule has 1 saturated heterocycles. The Morgan fingerprint density at radius 2 is 1.72 bits per heavy atom. The van der Waals surface area contributed by atoms with Gasteiger partial charge in [-0.1, -0.05) is 6.92 Å². The molecule has 0 saturated carbocycles. The zero-order chi connectivity index (χ0) is 14.3. The van der Waals surface area contributed by atoms with Crippen LogP contribution in [0.4, 0.5) is 0 Å². The maximum Gasteiger partial charge on any atom is 0.308 e. The van der Waals surface area contributed by atoms with Crippen LogP contribution in [-0.2, 0) is 9.59 Å². The maximum atomic E-state index is 12.5. The molecular weight excluding hydrogens is 232 g/mol. The van der Waals surface area contributed by atoms with Crippen molar-refractivity contribution in [1.82, 2.24) is 4.90 Å². The van der Waals surface area contributed by atoms with Gasteiger partial charge >= 0.3 is 5.97 Å². The fraction of sp³-hybridized carbons (Fsp3) is 0.846. The lowest BCUT2D eigenvalue weighted by atomic mass is 9.74. The van der Waals surface area contributed by atoms with Gasteiger partial charge in [-0.3, -0.25) is 9.59 Å². The molecule has 104 valence electrons. The third-order valence-corrected chi connectivity index (χ3v) is 4.36. The fourth-order valence-electron chi connectivity index (χ4n) is 2.12. The van der Waals surface area contributed by atoms with Crippen LogP contribution in [-0.4, -0.2) is 40.5 Å². The van der Waals surface area contributed by atoms with Gasteiger partial charge in [0.2, 0.25) is 5.91 Å². The van der Waals surface area contributed by atoms with Gasteiger partial charge in [-0.2, -0.15) is 0 Å². The Balaban J connectivity index is 2.86. The average molecular weight is 256 g/mol. The number of rotatable bonds is 3. The topological polar surface area (TPSA) is 83.6 Å². The number of carboxylic acids is 1. The van der Waals surface area contributed by atoms with Crippen molar-refractivity contribution in [2.75, 3.05) is 13.1 Å². The van der Waals surface area contributed by atoms with Crippen molar-refractivity contribution in [3.8, 4) is 0 Å². The van der Waals surface area contributed by atoms with Crippen LogP contribution >= 0.6 is 0 Å². The summed E-state index contributed by atoms with van der Waals surface area (Å²) in [4.78, 5) is 25.2. The summed E-state index contributed by atoms with van der Waals surface area (Å²) in [5.74, 6) is -1.37. The Hall–Kier alpha value is -1.10. The largest absolute Gasteiger partial charge is 0.481 e. The van der Waals surface area contributed by atoms with Crippen molar-refractivity contribution >= 4 is 11.9 Å². The molecule has 1 rings (SSSR count). The summed E-state index contributed by atoms with van der Waals surface area (Å²) >= 11 is 0. The van der Waals surface area contributed by atoms with E-state index in [1.54, 1.807) is 4.90 Å². The van der Waals surface area contributed by atoms with Crippen LogP contribution in [0.1, 0.15) is 34.6 Å². The third-order valence-electron chi connectivity index (χ3n) is 4.36. The number of likely N-dealkylation sites (tertiary alicyclic amines) is 1.